The van der Waals surface area contributed by atoms with Crippen molar-refractivity contribution in [1.82, 2.24) is 0 Å². The van der Waals surface area contributed by atoms with Gasteiger partial charge in [0.1, 0.15) is 0 Å². The van der Waals surface area contributed by atoms with Gasteiger partial charge >= 0.3 is 0 Å². The summed E-state index contributed by atoms with van der Waals surface area (Å²) < 4.78 is 0. The summed E-state index contributed by atoms with van der Waals surface area (Å²) in [5.74, 6) is 0.814. The first-order valence-corrected chi connectivity index (χ1v) is 5.79. The highest BCUT2D eigenvalue weighted by Gasteiger charge is 1.89. The van der Waals surface area contributed by atoms with Crippen molar-refractivity contribution in [3.8, 4) is 0 Å². The first kappa shape index (κ1) is 11.2. The van der Waals surface area contributed by atoms with Crippen molar-refractivity contribution in [3.63, 3.8) is 0 Å². The molecule has 0 bridgehead atoms. The second-order valence-electron chi connectivity index (χ2n) is 3.66. The Morgan fingerprint density at radius 1 is 1.09 bits per heavy atom. The first-order chi connectivity index (χ1) is 5.13. The molecular formula is C10H21P. The van der Waals surface area contributed by atoms with Gasteiger partial charge in [0.05, 0.1) is 0 Å². The molecule has 1 heteroatoms. The quantitative estimate of drug-likeness (QED) is 0.438. The molecule has 0 aliphatic heterocycles. The van der Waals surface area contributed by atoms with Gasteiger partial charge in [0.15, 0.2) is 0 Å². The van der Waals surface area contributed by atoms with Gasteiger partial charge in [-0.05, 0) is 24.2 Å². The molecule has 0 aliphatic carbocycles. The van der Waals surface area contributed by atoms with Crippen molar-refractivity contribution < 1.29 is 0 Å². The molecule has 0 aromatic heterocycles. The van der Waals surface area contributed by atoms with Crippen LogP contribution in [0, 0.1) is 5.92 Å². The van der Waals surface area contributed by atoms with Gasteiger partial charge in [-0.3, -0.25) is 0 Å². The fourth-order valence-electron chi connectivity index (χ4n) is 0.755. The van der Waals surface area contributed by atoms with Gasteiger partial charge in [-0.15, -0.1) is 8.58 Å². The zero-order valence-electron chi connectivity index (χ0n) is 8.22. The van der Waals surface area contributed by atoms with E-state index in [4.69, 9.17) is 0 Å². The molecule has 0 nitrogen and oxygen atoms in total. The van der Waals surface area contributed by atoms with Gasteiger partial charge in [-0.25, -0.2) is 0 Å². The fraction of sp³-hybridized carbons (Fsp3) is 0.800. The number of hydrogen-bond acceptors (Lipinski definition) is 0. The van der Waals surface area contributed by atoms with Crippen LogP contribution in [0.3, 0.4) is 0 Å². The zero-order chi connectivity index (χ0) is 8.69. The fourth-order valence-corrected chi connectivity index (χ4v) is 1.53. The summed E-state index contributed by atoms with van der Waals surface area (Å²) in [6.45, 7) is 9.09. The Hall–Kier alpha value is 0.170. The Balaban J connectivity index is 3.17. The lowest BCUT2D eigenvalue weighted by molar-refractivity contribution is 0.663. The SMILES string of the molecule is CC(C)CC=CCPC(C)C. The van der Waals surface area contributed by atoms with Crippen molar-refractivity contribution >= 4 is 8.58 Å². The average molecular weight is 172 g/mol. The lowest BCUT2D eigenvalue weighted by Crippen LogP contribution is -1.84. The summed E-state index contributed by atoms with van der Waals surface area (Å²) in [5.41, 5.74) is 0.874. The third-order valence-corrected chi connectivity index (χ3v) is 2.71. The average Bonchev–Trinajstić information content (AvgIpc) is 1.85. The Morgan fingerprint density at radius 3 is 2.18 bits per heavy atom. The van der Waals surface area contributed by atoms with Crippen LogP contribution in [0.1, 0.15) is 34.1 Å². The Morgan fingerprint density at radius 2 is 1.73 bits per heavy atom. The Bertz CT molecular complexity index is 103. The molecule has 0 saturated heterocycles. The van der Waals surface area contributed by atoms with Gasteiger partial charge in [0, 0.05) is 0 Å². The minimum Gasteiger partial charge on any atom is -0.116 e. The molecular weight excluding hydrogens is 151 g/mol. The van der Waals surface area contributed by atoms with Gasteiger partial charge in [-0.2, -0.15) is 0 Å². The highest BCUT2D eigenvalue weighted by molar-refractivity contribution is 7.39. The van der Waals surface area contributed by atoms with Crippen molar-refractivity contribution in [2.75, 3.05) is 6.16 Å². The topological polar surface area (TPSA) is 0 Å². The summed E-state index contributed by atoms with van der Waals surface area (Å²) in [6, 6.07) is 0. The summed E-state index contributed by atoms with van der Waals surface area (Å²) in [5, 5.41) is 0. The molecule has 1 unspecified atom stereocenters. The van der Waals surface area contributed by atoms with E-state index < -0.39 is 0 Å². The molecule has 0 aromatic rings. The minimum absolute atomic E-state index is 0.814. The Labute approximate surface area is 73.2 Å². The van der Waals surface area contributed by atoms with Crippen LogP contribution in [0.5, 0.6) is 0 Å². The summed E-state index contributed by atoms with van der Waals surface area (Å²) in [6.07, 6.45) is 7.17. The van der Waals surface area contributed by atoms with E-state index in [1.807, 2.05) is 0 Å². The summed E-state index contributed by atoms with van der Waals surface area (Å²) in [7, 11) is 1.11. The van der Waals surface area contributed by atoms with Crippen LogP contribution in [0.15, 0.2) is 12.2 Å². The highest BCUT2D eigenvalue weighted by Crippen LogP contribution is 2.17. The molecule has 0 saturated carbocycles. The van der Waals surface area contributed by atoms with E-state index in [1.54, 1.807) is 0 Å². The highest BCUT2D eigenvalue weighted by atomic mass is 31.1. The third kappa shape index (κ3) is 10.2. The molecule has 0 amide bonds. The second kappa shape index (κ2) is 6.85. The van der Waals surface area contributed by atoms with E-state index in [0.29, 0.717) is 0 Å². The molecule has 0 heterocycles. The van der Waals surface area contributed by atoms with Gasteiger partial charge in [-0.1, -0.05) is 39.8 Å². The zero-order valence-corrected chi connectivity index (χ0v) is 9.22. The van der Waals surface area contributed by atoms with Crippen LogP contribution >= 0.6 is 8.58 Å². The summed E-state index contributed by atoms with van der Waals surface area (Å²) in [4.78, 5) is 0. The molecule has 11 heavy (non-hydrogen) atoms. The standard InChI is InChI=1S/C10H21P/c1-9(2)7-5-6-8-11-10(3)4/h5-6,9-11H,7-8H2,1-4H3. The molecule has 0 fully saturated rings. The smallest absolute Gasteiger partial charge is 0.0170 e. The van der Waals surface area contributed by atoms with E-state index >= 15 is 0 Å². The van der Waals surface area contributed by atoms with E-state index in [1.165, 1.54) is 12.6 Å². The molecule has 0 aliphatic rings. The predicted molar refractivity (Wildman–Crippen MR) is 56.9 cm³/mol. The lowest BCUT2D eigenvalue weighted by atomic mass is 10.1. The number of rotatable bonds is 5. The van der Waals surface area contributed by atoms with Crippen LogP contribution in [0.2, 0.25) is 0 Å². The van der Waals surface area contributed by atoms with Crippen LogP contribution in [0.4, 0.5) is 0 Å². The Kier molecular flexibility index (Phi) is 6.96. The second-order valence-corrected chi connectivity index (χ2v) is 5.64. The summed E-state index contributed by atoms with van der Waals surface area (Å²) >= 11 is 0. The maximum Gasteiger partial charge on any atom is -0.0170 e. The molecule has 1 atom stereocenters. The molecule has 0 radical (unpaired) electrons. The van der Waals surface area contributed by atoms with E-state index in [2.05, 4.69) is 39.8 Å². The van der Waals surface area contributed by atoms with Gasteiger partial charge in [0.25, 0.3) is 0 Å². The third-order valence-electron chi connectivity index (χ3n) is 1.42. The monoisotopic (exact) mass is 172 g/mol. The maximum atomic E-state index is 2.33. The van der Waals surface area contributed by atoms with Crippen LogP contribution in [-0.2, 0) is 0 Å². The molecule has 0 spiro atoms. The maximum absolute atomic E-state index is 2.33. The van der Waals surface area contributed by atoms with Crippen LogP contribution < -0.4 is 0 Å². The van der Waals surface area contributed by atoms with E-state index in [0.717, 1.165) is 20.2 Å². The van der Waals surface area contributed by atoms with Crippen molar-refractivity contribution in [2.45, 2.75) is 39.8 Å². The molecule has 0 rings (SSSR count). The first-order valence-electron chi connectivity index (χ1n) is 4.51. The van der Waals surface area contributed by atoms with Crippen LogP contribution in [-0.4, -0.2) is 11.8 Å². The van der Waals surface area contributed by atoms with Crippen molar-refractivity contribution in [3.05, 3.63) is 12.2 Å². The van der Waals surface area contributed by atoms with Crippen molar-refractivity contribution in [1.29, 1.82) is 0 Å². The van der Waals surface area contributed by atoms with Crippen LogP contribution in [0.25, 0.3) is 0 Å². The normalized spacial score (nSPS) is 13.3. The molecule has 0 aromatic carbocycles. The lowest BCUT2D eigenvalue weighted by Gasteiger charge is -2.00. The number of hydrogen-bond donors (Lipinski definition) is 0. The van der Waals surface area contributed by atoms with Gasteiger partial charge in [0.2, 0.25) is 0 Å². The predicted octanol–water partition coefficient (Wildman–Crippen LogP) is 3.68. The van der Waals surface area contributed by atoms with Crippen molar-refractivity contribution in [2.24, 2.45) is 5.92 Å². The van der Waals surface area contributed by atoms with E-state index in [9.17, 15) is 0 Å². The minimum atomic E-state index is 0.814. The molecule has 0 N–H and O–H groups in total. The van der Waals surface area contributed by atoms with E-state index in [-0.39, 0.29) is 0 Å². The largest absolute Gasteiger partial charge is 0.116 e. The number of allylic oxidation sites excluding steroid dienone is 2. The van der Waals surface area contributed by atoms with Gasteiger partial charge < -0.3 is 0 Å². The molecule has 66 valence electrons.